The molecule has 0 radical (unpaired) electrons. The van der Waals surface area contributed by atoms with Crippen LogP contribution in [0.3, 0.4) is 0 Å². The fourth-order valence-corrected chi connectivity index (χ4v) is 2.35. The van der Waals surface area contributed by atoms with Crippen LogP contribution in [0.5, 0.6) is 0 Å². The molecule has 3 heteroatoms. The molecule has 1 atom stereocenters. The van der Waals surface area contributed by atoms with E-state index in [-0.39, 0.29) is 16.9 Å². The molecule has 2 aromatic rings. The van der Waals surface area contributed by atoms with E-state index in [4.69, 9.17) is 0 Å². The van der Waals surface area contributed by atoms with Gasteiger partial charge in [-0.2, -0.15) is 0 Å². The molecule has 0 aromatic heterocycles. The minimum atomic E-state index is -0.891. The topological polar surface area (TPSA) is 34.1 Å². The minimum absolute atomic E-state index is 0.0728. The molecule has 1 unspecified atom stereocenters. The van der Waals surface area contributed by atoms with Gasteiger partial charge in [-0.15, -0.1) is 0 Å². The third-order valence-electron chi connectivity index (χ3n) is 3.18. The summed E-state index contributed by atoms with van der Waals surface area (Å²) in [5.74, 6) is -2.28. The van der Waals surface area contributed by atoms with Crippen LogP contribution >= 0.6 is 0 Å². The highest BCUT2D eigenvalue weighted by molar-refractivity contribution is 6.29. The molecule has 2 aromatic carbocycles. The van der Waals surface area contributed by atoms with Gasteiger partial charge in [0.05, 0.1) is 5.56 Å². The Morgan fingerprint density at radius 2 is 1.56 bits per heavy atom. The van der Waals surface area contributed by atoms with Crippen molar-refractivity contribution in [3.05, 3.63) is 71.0 Å². The Bertz CT molecular complexity index is 647. The highest BCUT2D eigenvalue weighted by atomic mass is 19.1. The van der Waals surface area contributed by atoms with Gasteiger partial charge >= 0.3 is 0 Å². The van der Waals surface area contributed by atoms with Crippen LogP contribution in [-0.4, -0.2) is 11.6 Å². The summed E-state index contributed by atoms with van der Waals surface area (Å²) in [4.78, 5) is 24.3. The SMILES string of the molecule is O=C1c2cccc(F)c2C(=O)C1c1ccccc1. The number of halogens is 1. The van der Waals surface area contributed by atoms with Crippen molar-refractivity contribution >= 4 is 11.6 Å². The molecule has 0 heterocycles. The predicted octanol–water partition coefficient (Wildman–Crippen LogP) is 2.99. The van der Waals surface area contributed by atoms with E-state index in [1.807, 2.05) is 0 Å². The van der Waals surface area contributed by atoms with Crippen LogP contribution in [0.1, 0.15) is 32.2 Å². The van der Waals surface area contributed by atoms with Crippen LogP contribution < -0.4 is 0 Å². The van der Waals surface area contributed by atoms with Crippen molar-refractivity contribution in [3.8, 4) is 0 Å². The predicted molar refractivity (Wildman–Crippen MR) is 64.2 cm³/mol. The largest absolute Gasteiger partial charge is 0.293 e. The fraction of sp³-hybridized carbons (Fsp3) is 0.0667. The first-order valence-corrected chi connectivity index (χ1v) is 5.62. The molecule has 0 saturated carbocycles. The number of fused-ring (bicyclic) bond motifs is 1. The second kappa shape index (κ2) is 3.88. The van der Waals surface area contributed by atoms with E-state index < -0.39 is 17.5 Å². The second-order valence-corrected chi connectivity index (χ2v) is 4.23. The van der Waals surface area contributed by atoms with Crippen molar-refractivity contribution in [2.75, 3.05) is 0 Å². The quantitative estimate of drug-likeness (QED) is 0.718. The highest BCUT2D eigenvalue weighted by Crippen LogP contribution is 2.34. The lowest BCUT2D eigenvalue weighted by Gasteiger charge is -2.06. The van der Waals surface area contributed by atoms with E-state index in [0.717, 1.165) is 0 Å². The summed E-state index contributed by atoms with van der Waals surface area (Å²) in [6.45, 7) is 0. The molecule has 88 valence electrons. The number of Topliss-reactive ketones (excluding diaryl/α,β-unsaturated/α-hetero) is 2. The number of carbonyl (C=O) groups is 2. The minimum Gasteiger partial charge on any atom is -0.293 e. The van der Waals surface area contributed by atoms with E-state index >= 15 is 0 Å². The lowest BCUT2D eigenvalue weighted by atomic mass is 9.94. The van der Waals surface area contributed by atoms with Crippen LogP contribution in [0.2, 0.25) is 0 Å². The summed E-state index contributed by atoms with van der Waals surface area (Å²) >= 11 is 0. The summed E-state index contributed by atoms with van der Waals surface area (Å²) in [5.41, 5.74) is 0.730. The van der Waals surface area contributed by atoms with E-state index in [1.54, 1.807) is 30.3 Å². The van der Waals surface area contributed by atoms with Gasteiger partial charge in [0.15, 0.2) is 11.6 Å². The second-order valence-electron chi connectivity index (χ2n) is 4.23. The van der Waals surface area contributed by atoms with Gasteiger partial charge in [0.1, 0.15) is 11.7 Å². The van der Waals surface area contributed by atoms with Crippen LogP contribution in [0, 0.1) is 5.82 Å². The molecule has 0 fully saturated rings. The number of ketones is 2. The van der Waals surface area contributed by atoms with E-state index in [9.17, 15) is 14.0 Å². The maximum absolute atomic E-state index is 13.6. The maximum Gasteiger partial charge on any atom is 0.181 e. The normalized spacial score (nSPS) is 17.9. The molecule has 0 bridgehead atoms. The zero-order chi connectivity index (χ0) is 12.7. The third-order valence-corrected chi connectivity index (χ3v) is 3.18. The van der Waals surface area contributed by atoms with Gasteiger partial charge in [-0.1, -0.05) is 42.5 Å². The third kappa shape index (κ3) is 1.40. The van der Waals surface area contributed by atoms with Crippen LogP contribution in [-0.2, 0) is 0 Å². The Hall–Kier alpha value is -2.29. The lowest BCUT2D eigenvalue weighted by molar-refractivity contribution is 0.0889. The molecule has 2 nitrogen and oxygen atoms in total. The average Bonchev–Trinajstić information content (AvgIpc) is 2.64. The molecule has 0 N–H and O–H groups in total. The van der Waals surface area contributed by atoms with Crippen molar-refractivity contribution in [1.82, 2.24) is 0 Å². The van der Waals surface area contributed by atoms with Crippen LogP contribution in [0.4, 0.5) is 4.39 Å². The summed E-state index contributed by atoms with van der Waals surface area (Å²) < 4.78 is 13.6. The fourth-order valence-electron chi connectivity index (χ4n) is 2.35. The van der Waals surface area contributed by atoms with Crippen molar-refractivity contribution in [2.45, 2.75) is 5.92 Å². The van der Waals surface area contributed by atoms with Crippen LogP contribution in [0.15, 0.2) is 48.5 Å². The number of carbonyl (C=O) groups excluding carboxylic acids is 2. The van der Waals surface area contributed by atoms with Gasteiger partial charge in [0.2, 0.25) is 0 Å². The monoisotopic (exact) mass is 240 g/mol. The van der Waals surface area contributed by atoms with E-state index in [2.05, 4.69) is 0 Å². The Morgan fingerprint density at radius 1 is 0.833 bits per heavy atom. The smallest absolute Gasteiger partial charge is 0.181 e. The van der Waals surface area contributed by atoms with Crippen molar-refractivity contribution in [2.24, 2.45) is 0 Å². The van der Waals surface area contributed by atoms with Gasteiger partial charge < -0.3 is 0 Å². The van der Waals surface area contributed by atoms with Gasteiger partial charge in [0, 0.05) is 5.56 Å². The van der Waals surface area contributed by atoms with E-state index in [1.165, 1.54) is 18.2 Å². The molecule has 0 spiro atoms. The molecular formula is C15H9FO2. The molecule has 0 amide bonds. The average molecular weight is 240 g/mol. The molecule has 18 heavy (non-hydrogen) atoms. The standard InChI is InChI=1S/C15H9FO2/c16-11-8-4-7-10-13(11)15(18)12(14(10)17)9-5-2-1-3-6-9/h1-8,12H. The zero-order valence-electron chi connectivity index (χ0n) is 9.39. The zero-order valence-corrected chi connectivity index (χ0v) is 9.39. The van der Waals surface area contributed by atoms with E-state index in [0.29, 0.717) is 5.56 Å². The maximum atomic E-state index is 13.6. The van der Waals surface area contributed by atoms with Crippen molar-refractivity contribution < 1.29 is 14.0 Å². The van der Waals surface area contributed by atoms with Gasteiger partial charge in [-0.05, 0) is 11.6 Å². The first-order valence-electron chi connectivity index (χ1n) is 5.62. The Labute approximate surface area is 103 Å². The highest BCUT2D eigenvalue weighted by Gasteiger charge is 2.41. The summed E-state index contributed by atoms with van der Waals surface area (Å²) in [6, 6.07) is 12.9. The number of hydrogen-bond acceptors (Lipinski definition) is 2. The summed E-state index contributed by atoms with van der Waals surface area (Å²) in [7, 11) is 0. The number of rotatable bonds is 1. The van der Waals surface area contributed by atoms with Gasteiger partial charge in [-0.25, -0.2) is 4.39 Å². The lowest BCUT2D eigenvalue weighted by Crippen LogP contribution is -2.12. The van der Waals surface area contributed by atoms with Crippen LogP contribution in [0.25, 0.3) is 0 Å². The van der Waals surface area contributed by atoms with Gasteiger partial charge in [0.25, 0.3) is 0 Å². The number of benzene rings is 2. The molecular weight excluding hydrogens is 231 g/mol. The van der Waals surface area contributed by atoms with Crippen molar-refractivity contribution in [3.63, 3.8) is 0 Å². The molecule has 1 aliphatic carbocycles. The molecule has 1 aliphatic rings. The Kier molecular flexibility index (Phi) is 2.33. The molecule has 0 saturated heterocycles. The van der Waals surface area contributed by atoms with Gasteiger partial charge in [-0.3, -0.25) is 9.59 Å². The summed E-state index contributed by atoms with van der Waals surface area (Å²) in [6.07, 6.45) is 0. The summed E-state index contributed by atoms with van der Waals surface area (Å²) in [5, 5.41) is 0. The van der Waals surface area contributed by atoms with Crippen molar-refractivity contribution in [1.29, 1.82) is 0 Å². The molecule has 0 aliphatic heterocycles. The Morgan fingerprint density at radius 3 is 2.22 bits per heavy atom. The first kappa shape index (κ1) is 10.8. The Balaban J connectivity index is 2.17. The molecule has 3 rings (SSSR count). The number of hydrogen-bond donors (Lipinski definition) is 0. The first-order chi connectivity index (χ1) is 8.70.